The van der Waals surface area contributed by atoms with Crippen molar-refractivity contribution in [3.05, 3.63) is 88.7 Å². The zero-order valence-corrected chi connectivity index (χ0v) is 18.4. The molecule has 1 aromatic heterocycles. The van der Waals surface area contributed by atoms with E-state index < -0.39 is 0 Å². The van der Waals surface area contributed by atoms with Gasteiger partial charge in [-0.25, -0.2) is 4.79 Å². The number of hydrogen-bond acceptors (Lipinski definition) is 4. The summed E-state index contributed by atoms with van der Waals surface area (Å²) in [4.78, 5) is 18.8. The van der Waals surface area contributed by atoms with Crippen molar-refractivity contribution in [3.63, 3.8) is 0 Å². The van der Waals surface area contributed by atoms with Crippen LogP contribution in [0.5, 0.6) is 0 Å². The van der Waals surface area contributed by atoms with Gasteiger partial charge in [-0.05, 0) is 92.0 Å². The molecule has 3 aromatic rings. The van der Waals surface area contributed by atoms with E-state index in [4.69, 9.17) is 4.74 Å². The van der Waals surface area contributed by atoms with Crippen LogP contribution in [-0.4, -0.2) is 18.1 Å². The monoisotopic (exact) mass is 417 g/mol. The number of ether oxygens (including phenoxy) is 1. The Morgan fingerprint density at radius 2 is 1.93 bits per heavy atom. The highest BCUT2D eigenvalue weighted by Crippen LogP contribution is 2.38. The molecule has 30 heavy (non-hydrogen) atoms. The highest BCUT2D eigenvalue weighted by atomic mass is 32.2. The van der Waals surface area contributed by atoms with Gasteiger partial charge in [-0.1, -0.05) is 35.5 Å². The molecule has 0 aliphatic heterocycles. The summed E-state index contributed by atoms with van der Waals surface area (Å²) in [5, 5.41) is 0. The number of rotatable bonds is 6. The second-order valence-electron chi connectivity index (χ2n) is 7.93. The Balaban J connectivity index is 1.48. The van der Waals surface area contributed by atoms with Crippen molar-refractivity contribution < 1.29 is 9.53 Å². The number of fused-ring (bicyclic) bond motifs is 1. The van der Waals surface area contributed by atoms with Gasteiger partial charge in [0.1, 0.15) is 0 Å². The summed E-state index contributed by atoms with van der Waals surface area (Å²) in [5.41, 5.74) is 5.84. The van der Waals surface area contributed by atoms with Crippen LogP contribution in [0.1, 0.15) is 57.8 Å². The molecule has 0 fully saturated rings. The Bertz CT molecular complexity index is 1030. The van der Waals surface area contributed by atoms with Crippen LogP contribution in [-0.2, 0) is 17.6 Å². The van der Waals surface area contributed by atoms with Crippen LogP contribution < -0.4 is 0 Å². The molecular weight excluding hydrogens is 390 g/mol. The van der Waals surface area contributed by atoms with Crippen LogP contribution in [0.25, 0.3) is 0 Å². The van der Waals surface area contributed by atoms with Crippen LogP contribution in [0.3, 0.4) is 0 Å². The number of carbonyl (C=O) groups is 1. The largest absolute Gasteiger partial charge is 0.465 e. The zero-order chi connectivity index (χ0) is 20.9. The molecule has 0 saturated carbocycles. The predicted molar refractivity (Wildman–Crippen MR) is 121 cm³/mol. The topological polar surface area (TPSA) is 39.2 Å². The van der Waals surface area contributed by atoms with E-state index in [1.165, 1.54) is 46.4 Å². The Hall–Kier alpha value is -2.59. The van der Waals surface area contributed by atoms with Crippen LogP contribution in [0, 0.1) is 6.92 Å². The van der Waals surface area contributed by atoms with Crippen molar-refractivity contribution in [3.8, 4) is 0 Å². The Labute approximate surface area is 182 Å². The first-order valence-corrected chi connectivity index (χ1v) is 11.3. The maximum Gasteiger partial charge on any atom is 0.338 e. The number of benzene rings is 2. The van der Waals surface area contributed by atoms with Gasteiger partial charge in [0.05, 0.1) is 12.7 Å². The van der Waals surface area contributed by atoms with E-state index >= 15 is 0 Å². The normalized spacial score (nSPS) is 15.5. The van der Waals surface area contributed by atoms with Crippen LogP contribution in [0.2, 0.25) is 0 Å². The fourth-order valence-electron chi connectivity index (χ4n) is 4.26. The number of pyridine rings is 1. The minimum Gasteiger partial charge on any atom is -0.465 e. The summed E-state index contributed by atoms with van der Waals surface area (Å²) in [6.45, 7) is 2.12. The molecule has 1 heterocycles. The highest BCUT2D eigenvalue weighted by Gasteiger charge is 2.21. The van der Waals surface area contributed by atoms with Crippen LogP contribution in [0.15, 0.2) is 70.7 Å². The van der Waals surface area contributed by atoms with E-state index in [-0.39, 0.29) is 5.97 Å². The lowest BCUT2D eigenvalue weighted by Gasteiger charge is -2.26. The van der Waals surface area contributed by atoms with Crippen molar-refractivity contribution >= 4 is 17.7 Å². The van der Waals surface area contributed by atoms with Crippen molar-refractivity contribution in [1.82, 2.24) is 4.98 Å². The summed E-state index contributed by atoms with van der Waals surface area (Å²) in [7, 11) is 1.43. The number of hydrogen-bond donors (Lipinski definition) is 0. The SMILES string of the molecule is COC(=O)c1ccncc1CC[C@@H]1CCCc2cc(Sc3ccc(C)cc3)ccc21. The third-order valence-electron chi connectivity index (χ3n) is 5.88. The number of esters is 1. The Morgan fingerprint density at radius 1 is 1.13 bits per heavy atom. The Kier molecular flexibility index (Phi) is 6.53. The maximum absolute atomic E-state index is 12.0. The molecule has 1 aliphatic rings. The fourth-order valence-corrected chi connectivity index (χ4v) is 5.14. The molecule has 0 unspecified atom stereocenters. The van der Waals surface area contributed by atoms with Gasteiger partial charge in [0.2, 0.25) is 0 Å². The van der Waals surface area contributed by atoms with Crippen molar-refractivity contribution in [2.75, 3.05) is 7.11 Å². The summed E-state index contributed by atoms with van der Waals surface area (Å²) >= 11 is 1.83. The van der Waals surface area contributed by atoms with E-state index in [1.54, 1.807) is 18.5 Å². The molecule has 1 atom stereocenters. The van der Waals surface area contributed by atoms with E-state index in [2.05, 4.69) is 54.4 Å². The van der Waals surface area contributed by atoms with E-state index in [0.717, 1.165) is 24.8 Å². The molecule has 0 radical (unpaired) electrons. The average molecular weight is 418 g/mol. The highest BCUT2D eigenvalue weighted by molar-refractivity contribution is 7.99. The van der Waals surface area contributed by atoms with Crippen molar-refractivity contribution in [2.24, 2.45) is 0 Å². The van der Waals surface area contributed by atoms with Crippen molar-refractivity contribution in [2.45, 2.75) is 54.7 Å². The molecular formula is C26H27NO2S. The number of aromatic nitrogens is 1. The zero-order valence-electron chi connectivity index (χ0n) is 17.6. The first kappa shape index (κ1) is 20.7. The van der Waals surface area contributed by atoms with Crippen LogP contribution in [0.4, 0.5) is 0 Å². The van der Waals surface area contributed by atoms with E-state index in [0.29, 0.717) is 11.5 Å². The molecule has 0 spiro atoms. The third kappa shape index (κ3) is 4.76. The molecule has 0 saturated heterocycles. The number of aryl methyl sites for hydroxylation is 3. The second kappa shape index (κ2) is 9.48. The lowest BCUT2D eigenvalue weighted by Crippen LogP contribution is -2.12. The van der Waals surface area contributed by atoms with Gasteiger partial charge in [-0.2, -0.15) is 0 Å². The van der Waals surface area contributed by atoms with Gasteiger partial charge in [0, 0.05) is 22.2 Å². The average Bonchev–Trinajstić information content (AvgIpc) is 2.78. The van der Waals surface area contributed by atoms with Gasteiger partial charge in [-0.3, -0.25) is 4.98 Å². The third-order valence-corrected chi connectivity index (χ3v) is 6.88. The molecule has 154 valence electrons. The summed E-state index contributed by atoms with van der Waals surface area (Å²) in [6, 6.07) is 17.4. The fraction of sp³-hybridized carbons (Fsp3) is 0.308. The number of carbonyl (C=O) groups excluding carboxylic acids is 1. The molecule has 4 heteroatoms. The standard InChI is InChI=1S/C26H27NO2S/c1-18-6-10-22(11-7-18)30-23-12-13-24-19(4-3-5-20(24)16-23)8-9-21-17-27-15-14-25(21)26(28)29-2/h6-7,10-17,19H,3-5,8-9H2,1-2H3/t19-/m0/s1. The first-order chi connectivity index (χ1) is 14.6. The lowest BCUT2D eigenvalue weighted by molar-refractivity contribution is 0.0599. The van der Waals surface area contributed by atoms with Gasteiger partial charge in [0.15, 0.2) is 0 Å². The molecule has 0 N–H and O–H groups in total. The smallest absolute Gasteiger partial charge is 0.338 e. The minimum absolute atomic E-state index is 0.283. The minimum atomic E-state index is -0.283. The molecule has 0 bridgehead atoms. The van der Waals surface area contributed by atoms with E-state index in [1.807, 2.05) is 11.8 Å². The maximum atomic E-state index is 12.0. The van der Waals surface area contributed by atoms with Gasteiger partial charge in [-0.15, -0.1) is 0 Å². The Morgan fingerprint density at radius 3 is 2.73 bits per heavy atom. The van der Waals surface area contributed by atoms with Gasteiger partial charge in [0.25, 0.3) is 0 Å². The number of nitrogens with zero attached hydrogens (tertiary/aromatic N) is 1. The molecule has 0 amide bonds. The molecule has 1 aliphatic carbocycles. The predicted octanol–water partition coefficient (Wildman–Crippen LogP) is 6.38. The molecule has 4 rings (SSSR count). The van der Waals surface area contributed by atoms with Gasteiger partial charge >= 0.3 is 5.97 Å². The van der Waals surface area contributed by atoms with E-state index in [9.17, 15) is 4.79 Å². The first-order valence-electron chi connectivity index (χ1n) is 10.5. The molecule has 3 nitrogen and oxygen atoms in total. The quantitative estimate of drug-likeness (QED) is 0.436. The summed E-state index contributed by atoms with van der Waals surface area (Å²) in [6.07, 6.45) is 8.87. The van der Waals surface area contributed by atoms with Crippen molar-refractivity contribution in [1.29, 1.82) is 0 Å². The number of methoxy groups -OCH3 is 1. The summed E-state index contributed by atoms with van der Waals surface area (Å²) < 4.78 is 4.92. The van der Waals surface area contributed by atoms with Gasteiger partial charge < -0.3 is 4.74 Å². The van der Waals surface area contributed by atoms with Crippen LogP contribution >= 0.6 is 11.8 Å². The molecule has 2 aromatic carbocycles. The lowest BCUT2D eigenvalue weighted by atomic mass is 9.80. The summed E-state index contributed by atoms with van der Waals surface area (Å²) in [5.74, 6) is 0.243. The second-order valence-corrected chi connectivity index (χ2v) is 9.07.